The van der Waals surface area contributed by atoms with E-state index in [0.717, 1.165) is 29.7 Å². The van der Waals surface area contributed by atoms with Crippen molar-refractivity contribution in [3.8, 4) is 11.6 Å². The van der Waals surface area contributed by atoms with Gasteiger partial charge in [0.1, 0.15) is 18.2 Å². The van der Waals surface area contributed by atoms with Crippen LogP contribution in [0.15, 0.2) is 54.9 Å². The van der Waals surface area contributed by atoms with Crippen molar-refractivity contribution in [3.63, 3.8) is 0 Å². The summed E-state index contributed by atoms with van der Waals surface area (Å²) in [4.78, 5) is 19.7. The maximum absolute atomic E-state index is 12.7. The van der Waals surface area contributed by atoms with E-state index in [-0.39, 0.29) is 5.60 Å². The van der Waals surface area contributed by atoms with Crippen LogP contribution in [0, 0.1) is 6.92 Å². The zero-order valence-electron chi connectivity index (χ0n) is 26.0. The molecule has 3 aliphatic rings. The Bertz CT molecular complexity index is 1690. The number of carbonyl (C=O) groups is 1. The fourth-order valence-electron chi connectivity index (χ4n) is 5.86. The quantitative estimate of drug-likeness (QED) is 0.322. The molecule has 11 nitrogen and oxygen atoms in total. The lowest BCUT2D eigenvalue weighted by Crippen LogP contribution is -2.45. The summed E-state index contributed by atoms with van der Waals surface area (Å²) in [7, 11) is 0. The molecule has 0 spiro atoms. The summed E-state index contributed by atoms with van der Waals surface area (Å²) in [6.45, 7) is 11.8. The number of para-hydroxylation sites is 1. The second-order valence-corrected chi connectivity index (χ2v) is 12.8. The number of aryl methyl sites for hydroxylation is 1. The molecule has 1 aromatic carbocycles. The van der Waals surface area contributed by atoms with E-state index in [2.05, 4.69) is 23.0 Å². The number of hydrogen-bond acceptors (Lipinski definition) is 8. The summed E-state index contributed by atoms with van der Waals surface area (Å²) >= 11 is 0. The summed E-state index contributed by atoms with van der Waals surface area (Å²) in [5, 5.41) is 20.0. The van der Waals surface area contributed by atoms with Crippen molar-refractivity contribution in [2.45, 2.75) is 71.2 Å². The highest BCUT2D eigenvalue weighted by atomic mass is 16.5. The number of aromatic nitrogens is 5. The van der Waals surface area contributed by atoms with E-state index in [1.165, 1.54) is 0 Å². The number of ether oxygens (including phenoxy) is 3. The molecule has 7 rings (SSSR count). The van der Waals surface area contributed by atoms with Crippen molar-refractivity contribution in [2.75, 3.05) is 31.2 Å². The minimum absolute atomic E-state index is 0.328. The fourth-order valence-corrected chi connectivity index (χ4v) is 5.86. The first kappa shape index (κ1) is 29.8. The number of anilines is 1. The van der Waals surface area contributed by atoms with Crippen molar-refractivity contribution in [1.82, 2.24) is 24.4 Å². The van der Waals surface area contributed by atoms with Gasteiger partial charge in [0.2, 0.25) is 0 Å². The summed E-state index contributed by atoms with van der Waals surface area (Å²) in [5.41, 5.74) is 2.72. The molecule has 3 aliphatic heterocycles. The van der Waals surface area contributed by atoms with Gasteiger partial charge in [0, 0.05) is 37.5 Å². The van der Waals surface area contributed by atoms with E-state index in [4.69, 9.17) is 24.3 Å². The van der Waals surface area contributed by atoms with Gasteiger partial charge in [0.05, 0.1) is 29.6 Å². The SMILES string of the molecule is Cc1nc2cc3nn2c(c1[C@H](OC(C)(C)C)C(=O)O)N1CCC(C)(CC1)OC/C=C/COc1ccccc1Cc1cnn-3c1. The van der Waals surface area contributed by atoms with Crippen LogP contribution < -0.4 is 9.64 Å². The molecule has 0 amide bonds. The summed E-state index contributed by atoms with van der Waals surface area (Å²) in [6.07, 6.45) is 8.69. The average Bonchev–Trinajstić information content (AvgIpc) is 3.60. The first-order valence-electron chi connectivity index (χ1n) is 15.1. The Morgan fingerprint density at radius 2 is 1.89 bits per heavy atom. The second-order valence-electron chi connectivity index (χ2n) is 12.8. The highest BCUT2D eigenvalue weighted by molar-refractivity contribution is 5.78. The van der Waals surface area contributed by atoms with Crippen LogP contribution in [-0.4, -0.2) is 73.0 Å². The number of aliphatic carboxylic acids is 1. The van der Waals surface area contributed by atoms with Crippen LogP contribution in [0.2, 0.25) is 0 Å². The van der Waals surface area contributed by atoms with Crippen LogP contribution in [0.1, 0.15) is 69.0 Å². The maximum atomic E-state index is 12.7. The Kier molecular flexibility index (Phi) is 7.93. The van der Waals surface area contributed by atoms with Gasteiger partial charge in [0.25, 0.3) is 0 Å². The molecule has 6 bridgehead atoms. The second kappa shape index (κ2) is 11.7. The van der Waals surface area contributed by atoms with Crippen LogP contribution in [0.3, 0.4) is 0 Å². The van der Waals surface area contributed by atoms with E-state index >= 15 is 0 Å². The normalized spacial score (nSPS) is 18.5. The number of fused-ring (bicyclic) bond motifs is 6. The molecule has 232 valence electrons. The molecule has 1 atom stereocenters. The van der Waals surface area contributed by atoms with Crippen LogP contribution in [0.5, 0.6) is 5.75 Å². The molecule has 0 saturated carbocycles. The zero-order chi connectivity index (χ0) is 31.1. The number of benzene rings is 1. The molecule has 0 aliphatic carbocycles. The molecule has 11 heteroatoms. The van der Waals surface area contributed by atoms with Crippen LogP contribution in [0.25, 0.3) is 11.5 Å². The smallest absolute Gasteiger partial charge is 0.337 e. The minimum atomic E-state index is -1.23. The highest BCUT2D eigenvalue weighted by Crippen LogP contribution is 2.38. The van der Waals surface area contributed by atoms with Gasteiger partial charge in [-0.15, -0.1) is 5.10 Å². The van der Waals surface area contributed by atoms with Gasteiger partial charge in [-0.2, -0.15) is 9.61 Å². The average molecular weight is 601 g/mol. The highest BCUT2D eigenvalue weighted by Gasteiger charge is 2.37. The van der Waals surface area contributed by atoms with Gasteiger partial charge in [-0.25, -0.2) is 14.5 Å². The van der Waals surface area contributed by atoms with Gasteiger partial charge in [0.15, 0.2) is 17.6 Å². The molecule has 44 heavy (non-hydrogen) atoms. The molecule has 0 radical (unpaired) electrons. The van der Waals surface area contributed by atoms with Crippen LogP contribution in [-0.2, 0) is 20.7 Å². The van der Waals surface area contributed by atoms with E-state index in [0.29, 0.717) is 61.3 Å². The van der Waals surface area contributed by atoms with E-state index in [1.54, 1.807) is 9.20 Å². The molecular formula is C33H40N6O5. The van der Waals surface area contributed by atoms with Gasteiger partial charge in [-0.1, -0.05) is 24.3 Å². The number of rotatable bonds is 3. The first-order valence-corrected chi connectivity index (χ1v) is 15.1. The molecule has 4 aromatic rings. The lowest BCUT2D eigenvalue weighted by molar-refractivity contribution is -0.160. The van der Waals surface area contributed by atoms with Crippen molar-refractivity contribution in [1.29, 1.82) is 0 Å². The monoisotopic (exact) mass is 600 g/mol. The predicted octanol–water partition coefficient (Wildman–Crippen LogP) is 5.08. The number of carboxylic acid groups (broad SMARTS) is 1. The lowest BCUT2D eigenvalue weighted by Gasteiger charge is -2.41. The Balaban J connectivity index is 1.49. The molecule has 3 aromatic heterocycles. The van der Waals surface area contributed by atoms with E-state index in [9.17, 15) is 9.90 Å². The lowest BCUT2D eigenvalue weighted by atomic mass is 9.92. The zero-order valence-corrected chi connectivity index (χ0v) is 26.0. The Morgan fingerprint density at radius 1 is 1.14 bits per heavy atom. The van der Waals surface area contributed by atoms with Crippen LogP contribution in [0.4, 0.5) is 5.82 Å². The third-order valence-corrected chi connectivity index (χ3v) is 8.14. The molecule has 6 heterocycles. The van der Waals surface area contributed by atoms with E-state index in [1.807, 2.05) is 76.5 Å². The number of piperidine rings is 1. The molecule has 0 unspecified atom stereocenters. The number of carboxylic acids is 1. The molecule has 1 N–H and O–H groups in total. The third kappa shape index (κ3) is 6.20. The van der Waals surface area contributed by atoms with Crippen molar-refractivity contribution >= 4 is 17.4 Å². The predicted molar refractivity (Wildman–Crippen MR) is 166 cm³/mol. The number of nitrogens with zero attached hydrogens (tertiary/aromatic N) is 6. The molecular weight excluding hydrogens is 560 g/mol. The standard InChI is InChI=1S/C33H40N6O5/c1-22-28(29(31(40)41)44-32(2,3)4)30-37-14-12-33(5,13-15-37)43-17-9-8-16-42-25-11-7-6-10-24(25)18-23-20-34-38(21-23)27-19-26(35-22)39(30)36-27/h6-11,19-21,29H,12-18H2,1-5H3,(H,40,41)/b9-8+/t29-/m0/s1. The van der Waals surface area contributed by atoms with Crippen molar-refractivity contribution in [3.05, 3.63) is 77.3 Å². The van der Waals surface area contributed by atoms with Gasteiger partial charge < -0.3 is 24.2 Å². The number of hydrogen-bond donors (Lipinski definition) is 1. The van der Waals surface area contributed by atoms with Gasteiger partial charge >= 0.3 is 5.97 Å². The van der Waals surface area contributed by atoms with Crippen molar-refractivity contribution in [2.24, 2.45) is 0 Å². The minimum Gasteiger partial charge on any atom is -0.489 e. The van der Waals surface area contributed by atoms with Gasteiger partial charge in [-0.05, 0) is 70.7 Å². The Labute approximate surface area is 257 Å². The van der Waals surface area contributed by atoms with Crippen LogP contribution >= 0.6 is 0 Å². The first-order chi connectivity index (χ1) is 21.0. The summed E-state index contributed by atoms with van der Waals surface area (Å²) in [6, 6.07) is 9.89. The fraction of sp³-hybridized carbons (Fsp3) is 0.455. The summed E-state index contributed by atoms with van der Waals surface area (Å²) in [5.74, 6) is 1.01. The van der Waals surface area contributed by atoms with E-state index < -0.39 is 17.7 Å². The third-order valence-electron chi connectivity index (χ3n) is 8.14. The topological polar surface area (TPSA) is 116 Å². The molecule has 1 fully saturated rings. The van der Waals surface area contributed by atoms with Gasteiger partial charge in [-0.3, -0.25) is 0 Å². The maximum Gasteiger partial charge on any atom is 0.337 e. The Morgan fingerprint density at radius 3 is 2.64 bits per heavy atom. The molecule has 1 saturated heterocycles. The Hall–Kier alpha value is -4.22. The summed E-state index contributed by atoms with van der Waals surface area (Å²) < 4.78 is 22.1. The van der Waals surface area contributed by atoms with Crippen molar-refractivity contribution < 1.29 is 24.1 Å². The largest absolute Gasteiger partial charge is 0.489 e.